The van der Waals surface area contributed by atoms with Gasteiger partial charge in [0.1, 0.15) is 11.6 Å². The first-order valence-corrected chi connectivity index (χ1v) is 7.14. The van der Waals surface area contributed by atoms with E-state index in [4.69, 9.17) is 4.74 Å². The summed E-state index contributed by atoms with van der Waals surface area (Å²) in [5, 5.41) is 9.26. The number of nitrogens with zero attached hydrogens (tertiary/aromatic N) is 1. The van der Waals surface area contributed by atoms with E-state index in [2.05, 4.69) is 27.8 Å². The normalized spacial score (nSPS) is 10.6. The Bertz CT molecular complexity index is 584. The van der Waals surface area contributed by atoms with Crippen LogP contribution in [0.2, 0.25) is 0 Å². The zero-order chi connectivity index (χ0) is 14.5. The Hall–Kier alpha value is -1.46. The van der Waals surface area contributed by atoms with E-state index in [0.29, 0.717) is 16.1 Å². The SMILES string of the molecule is CCCc1cc(CO)cc(Oc2cc(F)cc(Br)c2)n1. The smallest absolute Gasteiger partial charge is 0.219 e. The average molecular weight is 340 g/mol. The molecule has 0 bridgehead atoms. The van der Waals surface area contributed by atoms with E-state index in [9.17, 15) is 9.50 Å². The van der Waals surface area contributed by atoms with Crippen molar-refractivity contribution in [3.05, 3.63) is 51.9 Å². The lowest BCUT2D eigenvalue weighted by molar-refractivity contribution is 0.280. The van der Waals surface area contributed by atoms with Gasteiger partial charge in [0.15, 0.2) is 0 Å². The van der Waals surface area contributed by atoms with Gasteiger partial charge in [0.2, 0.25) is 5.88 Å². The molecule has 0 fully saturated rings. The lowest BCUT2D eigenvalue weighted by Crippen LogP contribution is -1.97. The molecule has 2 aromatic rings. The molecule has 3 nitrogen and oxygen atoms in total. The molecular weight excluding hydrogens is 325 g/mol. The molecule has 1 N–H and O–H groups in total. The minimum Gasteiger partial charge on any atom is -0.439 e. The maximum Gasteiger partial charge on any atom is 0.219 e. The van der Waals surface area contributed by atoms with Gasteiger partial charge in [-0.05, 0) is 30.2 Å². The van der Waals surface area contributed by atoms with Gasteiger partial charge in [0.05, 0.1) is 6.61 Å². The number of hydrogen-bond acceptors (Lipinski definition) is 3. The molecule has 0 aliphatic heterocycles. The minimum atomic E-state index is -0.388. The van der Waals surface area contributed by atoms with Crippen molar-refractivity contribution in [2.45, 2.75) is 26.4 Å². The van der Waals surface area contributed by atoms with E-state index in [-0.39, 0.29) is 12.4 Å². The van der Waals surface area contributed by atoms with Gasteiger partial charge in [-0.25, -0.2) is 9.37 Å². The summed E-state index contributed by atoms with van der Waals surface area (Å²) < 4.78 is 19.5. The summed E-state index contributed by atoms with van der Waals surface area (Å²) in [7, 11) is 0. The van der Waals surface area contributed by atoms with Gasteiger partial charge < -0.3 is 9.84 Å². The van der Waals surface area contributed by atoms with E-state index < -0.39 is 0 Å². The molecule has 0 atom stereocenters. The van der Waals surface area contributed by atoms with Gasteiger partial charge in [0.25, 0.3) is 0 Å². The summed E-state index contributed by atoms with van der Waals surface area (Å²) in [6.07, 6.45) is 1.75. The number of hydrogen-bond donors (Lipinski definition) is 1. The number of rotatable bonds is 5. The Kier molecular flexibility index (Phi) is 5.09. The number of aromatic nitrogens is 1. The molecule has 1 aromatic carbocycles. The maximum absolute atomic E-state index is 13.3. The van der Waals surface area contributed by atoms with Gasteiger partial charge >= 0.3 is 0 Å². The molecule has 0 amide bonds. The van der Waals surface area contributed by atoms with Gasteiger partial charge in [0, 0.05) is 22.3 Å². The van der Waals surface area contributed by atoms with Crippen LogP contribution in [0.1, 0.15) is 24.6 Å². The number of aliphatic hydroxyl groups excluding tert-OH is 1. The predicted molar refractivity (Wildman–Crippen MR) is 78.3 cm³/mol. The van der Waals surface area contributed by atoms with Crippen LogP contribution in [0.3, 0.4) is 0 Å². The highest BCUT2D eigenvalue weighted by Gasteiger charge is 2.06. The molecule has 106 valence electrons. The summed E-state index contributed by atoms with van der Waals surface area (Å²) in [4.78, 5) is 4.35. The van der Waals surface area contributed by atoms with E-state index in [1.54, 1.807) is 12.1 Å². The largest absolute Gasteiger partial charge is 0.439 e. The molecule has 1 heterocycles. The second kappa shape index (κ2) is 6.81. The first-order chi connectivity index (χ1) is 9.60. The van der Waals surface area contributed by atoms with E-state index >= 15 is 0 Å². The van der Waals surface area contributed by atoms with Crippen LogP contribution in [-0.4, -0.2) is 10.1 Å². The first-order valence-electron chi connectivity index (χ1n) is 6.35. The van der Waals surface area contributed by atoms with Crippen molar-refractivity contribution in [1.29, 1.82) is 0 Å². The third kappa shape index (κ3) is 4.02. The van der Waals surface area contributed by atoms with Crippen LogP contribution in [0.25, 0.3) is 0 Å². The highest BCUT2D eigenvalue weighted by Crippen LogP contribution is 2.26. The number of halogens is 2. The van der Waals surface area contributed by atoms with Crippen LogP contribution >= 0.6 is 15.9 Å². The predicted octanol–water partition coefficient (Wildman–Crippen LogP) is 4.22. The lowest BCUT2D eigenvalue weighted by Gasteiger charge is -2.09. The third-order valence-electron chi connectivity index (χ3n) is 2.66. The fourth-order valence-corrected chi connectivity index (χ4v) is 2.30. The Morgan fingerprint density at radius 1 is 1.25 bits per heavy atom. The highest BCUT2D eigenvalue weighted by molar-refractivity contribution is 9.10. The van der Waals surface area contributed by atoms with E-state index in [0.717, 1.165) is 24.1 Å². The fraction of sp³-hybridized carbons (Fsp3) is 0.267. The number of aliphatic hydroxyl groups is 1. The van der Waals surface area contributed by atoms with Gasteiger partial charge in [-0.15, -0.1) is 0 Å². The van der Waals surface area contributed by atoms with Crippen molar-refractivity contribution in [3.8, 4) is 11.6 Å². The number of benzene rings is 1. The second-order valence-corrected chi connectivity index (χ2v) is 5.34. The summed E-state index contributed by atoms with van der Waals surface area (Å²) in [5.41, 5.74) is 1.58. The number of aryl methyl sites for hydroxylation is 1. The van der Waals surface area contributed by atoms with Crippen LogP contribution in [-0.2, 0) is 13.0 Å². The molecule has 1 aromatic heterocycles. The Labute approximate surface area is 125 Å². The third-order valence-corrected chi connectivity index (χ3v) is 3.12. The molecule has 5 heteroatoms. The Balaban J connectivity index is 2.29. The zero-order valence-corrected chi connectivity index (χ0v) is 12.7. The molecule has 0 radical (unpaired) electrons. The summed E-state index contributed by atoms with van der Waals surface area (Å²) in [5.74, 6) is 0.334. The van der Waals surface area contributed by atoms with Crippen LogP contribution in [0, 0.1) is 5.82 Å². The van der Waals surface area contributed by atoms with Crippen molar-refractivity contribution in [2.24, 2.45) is 0 Å². The molecule has 0 aliphatic carbocycles. The molecule has 2 rings (SSSR count). The number of ether oxygens (including phenoxy) is 1. The average Bonchev–Trinajstić information content (AvgIpc) is 2.37. The van der Waals surface area contributed by atoms with Gasteiger partial charge in [-0.3, -0.25) is 0 Å². The first kappa shape index (κ1) is 14.9. The van der Waals surface area contributed by atoms with Gasteiger partial charge in [-0.2, -0.15) is 0 Å². The van der Waals surface area contributed by atoms with E-state index in [1.165, 1.54) is 12.1 Å². The van der Waals surface area contributed by atoms with Crippen LogP contribution in [0.4, 0.5) is 4.39 Å². The quantitative estimate of drug-likeness (QED) is 0.886. The van der Waals surface area contributed by atoms with Crippen molar-refractivity contribution in [1.82, 2.24) is 4.98 Å². The van der Waals surface area contributed by atoms with Crippen LogP contribution < -0.4 is 4.74 Å². The Morgan fingerprint density at radius 2 is 2.05 bits per heavy atom. The Morgan fingerprint density at radius 3 is 2.70 bits per heavy atom. The topological polar surface area (TPSA) is 42.4 Å². The van der Waals surface area contributed by atoms with Crippen LogP contribution in [0.15, 0.2) is 34.8 Å². The summed E-state index contributed by atoms with van der Waals surface area (Å²) >= 11 is 3.21. The molecule has 0 spiro atoms. The van der Waals surface area contributed by atoms with Crippen molar-refractivity contribution < 1.29 is 14.2 Å². The standard InChI is InChI=1S/C15H15BrFNO2/c1-2-3-13-4-10(9-19)5-15(18-13)20-14-7-11(16)6-12(17)8-14/h4-8,19H,2-3,9H2,1H3. The second-order valence-electron chi connectivity index (χ2n) is 4.42. The van der Waals surface area contributed by atoms with Crippen LogP contribution in [0.5, 0.6) is 11.6 Å². The zero-order valence-electron chi connectivity index (χ0n) is 11.1. The minimum absolute atomic E-state index is 0.0809. The maximum atomic E-state index is 13.3. The molecule has 0 saturated carbocycles. The van der Waals surface area contributed by atoms with Crippen molar-refractivity contribution in [3.63, 3.8) is 0 Å². The van der Waals surface area contributed by atoms with Crippen molar-refractivity contribution >= 4 is 15.9 Å². The molecule has 0 unspecified atom stereocenters. The molecule has 0 aliphatic rings. The number of pyridine rings is 1. The van der Waals surface area contributed by atoms with Gasteiger partial charge in [-0.1, -0.05) is 29.3 Å². The lowest BCUT2D eigenvalue weighted by atomic mass is 10.2. The summed E-state index contributed by atoms with van der Waals surface area (Å²) in [6, 6.07) is 7.80. The molecule has 0 saturated heterocycles. The molecular formula is C15H15BrFNO2. The fourth-order valence-electron chi connectivity index (χ4n) is 1.86. The van der Waals surface area contributed by atoms with Crippen molar-refractivity contribution in [2.75, 3.05) is 0 Å². The summed E-state index contributed by atoms with van der Waals surface area (Å²) in [6.45, 7) is 1.97. The van der Waals surface area contributed by atoms with E-state index in [1.807, 2.05) is 6.07 Å². The highest BCUT2D eigenvalue weighted by atomic mass is 79.9. The monoisotopic (exact) mass is 339 g/mol. The molecule has 20 heavy (non-hydrogen) atoms.